The van der Waals surface area contributed by atoms with Crippen LogP contribution in [0.15, 0.2) is 36.4 Å². The van der Waals surface area contributed by atoms with Crippen LogP contribution < -0.4 is 23.8 Å². The molecule has 1 aliphatic rings. The number of aryl methyl sites for hydroxylation is 2. The first-order chi connectivity index (χ1) is 14.8. The Morgan fingerprint density at radius 3 is 2.55 bits per heavy atom. The van der Waals surface area contributed by atoms with Crippen molar-refractivity contribution in [2.45, 2.75) is 20.8 Å². The highest BCUT2D eigenvalue weighted by Gasteiger charge is 2.25. The smallest absolute Gasteiger partial charge is 0.240 e. The summed E-state index contributed by atoms with van der Waals surface area (Å²) < 4.78 is 43.1. The van der Waals surface area contributed by atoms with Gasteiger partial charge in [0.05, 0.1) is 18.0 Å². The number of benzene rings is 2. The molecular formula is C22H28N2O6S. The van der Waals surface area contributed by atoms with Gasteiger partial charge in [-0.2, -0.15) is 0 Å². The summed E-state index contributed by atoms with van der Waals surface area (Å²) >= 11 is 0. The van der Waals surface area contributed by atoms with Crippen molar-refractivity contribution in [1.82, 2.24) is 5.32 Å². The predicted octanol–water partition coefficient (Wildman–Crippen LogP) is 2.43. The van der Waals surface area contributed by atoms with E-state index in [1.54, 1.807) is 18.2 Å². The van der Waals surface area contributed by atoms with Gasteiger partial charge in [0, 0.05) is 6.07 Å². The number of carbonyl (C=O) groups is 1. The number of rotatable bonds is 9. The average Bonchev–Trinajstić information content (AvgIpc) is 2.75. The fraction of sp³-hybridized carbons (Fsp3) is 0.409. The van der Waals surface area contributed by atoms with E-state index in [-0.39, 0.29) is 25.4 Å². The molecular weight excluding hydrogens is 420 g/mol. The highest BCUT2D eigenvalue weighted by atomic mass is 32.2. The predicted molar refractivity (Wildman–Crippen MR) is 119 cm³/mol. The van der Waals surface area contributed by atoms with Crippen molar-refractivity contribution in [1.29, 1.82) is 0 Å². The Bertz CT molecular complexity index is 1040. The highest BCUT2D eigenvalue weighted by molar-refractivity contribution is 7.92. The number of ether oxygens (including phenoxy) is 3. The average molecular weight is 449 g/mol. The van der Waals surface area contributed by atoms with E-state index in [0.717, 1.165) is 21.2 Å². The molecule has 3 rings (SSSR count). The molecule has 0 saturated heterocycles. The number of anilines is 1. The van der Waals surface area contributed by atoms with Gasteiger partial charge in [0.1, 0.15) is 32.1 Å². The van der Waals surface area contributed by atoms with Gasteiger partial charge in [0.25, 0.3) is 0 Å². The summed E-state index contributed by atoms with van der Waals surface area (Å²) in [6, 6.07) is 10.7. The highest BCUT2D eigenvalue weighted by Crippen LogP contribution is 2.34. The molecule has 0 aliphatic carbocycles. The lowest BCUT2D eigenvalue weighted by atomic mass is 10.1. The van der Waals surface area contributed by atoms with Crippen molar-refractivity contribution in [2.24, 2.45) is 0 Å². The topological polar surface area (TPSA) is 94.2 Å². The van der Waals surface area contributed by atoms with Crippen molar-refractivity contribution >= 4 is 21.6 Å². The zero-order valence-corrected chi connectivity index (χ0v) is 18.8. The molecule has 168 valence electrons. The second-order valence-corrected chi connectivity index (χ2v) is 9.38. The molecule has 1 N–H and O–H groups in total. The molecule has 0 atom stereocenters. The summed E-state index contributed by atoms with van der Waals surface area (Å²) in [6.45, 7) is 6.53. The number of hydrogen-bond acceptors (Lipinski definition) is 6. The third kappa shape index (κ3) is 5.81. The van der Waals surface area contributed by atoms with E-state index in [1.807, 2.05) is 32.0 Å². The number of hydrogen-bond donors (Lipinski definition) is 1. The number of nitrogens with zero attached hydrogens (tertiary/aromatic N) is 1. The van der Waals surface area contributed by atoms with Crippen LogP contribution in [0.3, 0.4) is 0 Å². The quantitative estimate of drug-likeness (QED) is 0.592. The molecule has 2 aromatic carbocycles. The normalized spacial score (nSPS) is 12.9. The fourth-order valence-corrected chi connectivity index (χ4v) is 4.25. The van der Waals surface area contributed by atoms with Gasteiger partial charge in [-0.3, -0.25) is 9.10 Å². The maximum Gasteiger partial charge on any atom is 0.240 e. The second kappa shape index (κ2) is 9.91. The summed E-state index contributed by atoms with van der Waals surface area (Å²) in [7, 11) is -3.67. The van der Waals surface area contributed by atoms with Crippen LogP contribution in [-0.4, -0.2) is 53.0 Å². The Hall–Kier alpha value is -2.94. The molecule has 0 unspecified atom stereocenters. The van der Waals surface area contributed by atoms with Gasteiger partial charge in [0.2, 0.25) is 15.9 Å². The van der Waals surface area contributed by atoms with E-state index in [2.05, 4.69) is 5.32 Å². The fourth-order valence-electron chi connectivity index (χ4n) is 3.19. The van der Waals surface area contributed by atoms with Gasteiger partial charge >= 0.3 is 0 Å². The molecule has 0 aromatic heterocycles. The van der Waals surface area contributed by atoms with Crippen LogP contribution in [0.25, 0.3) is 0 Å². The molecule has 1 amide bonds. The van der Waals surface area contributed by atoms with Gasteiger partial charge < -0.3 is 19.5 Å². The van der Waals surface area contributed by atoms with Crippen molar-refractivity contribution in [2.75, 3.05) is 43.0 Å². The summed E-state index contributed by atoms with van der Waals surface area (Å²) in [5.41, 5.74) is 2.52. The molecule has 0 bridgehead atoms. The van der Waals surface area contributed by atoms with Crippen molar-refractivity contribution < 1.29 is 27.4 Å². The van der Waals surface area contributed by atoms with Crippen LogP contribution in [0.2, 0.25) is 0 Å². The van der Waals surface area contributed by atoms with Gasteiger partial charge in [-0.25, -0.2) is 8.42 Å². The summed E-state index contributed by atoms with van der Waals surface area (Å²) in [5.74, 6) is 1.21. The molecule has 9 heteroatoms. The summed E-state index contributed by atoms with van der Waals surface area (Å²) in [4.78, 5) is 12.5. The Labute approximate surface area is 183 Å². The molecule has 0 saturated carbocycles. The van der Waals surface area contributed by atoms with Crippen LogP contribution in [-0.2, 0) is 14.8 Å². The van der Waals surface area contributed by atoms with E-state index in [4.69, 9.17) is 14.2 Å². The van der Waals surface area contributed by atoms with Crippen molar-refractivity contribution in [3.8, 4) is 17.2 Å². The first-order valence-corrected chi connectivity index (χ1v) is 11.8. The SMILES string of the molecule is CCS(=O)(=O)N(CC(=O)NCCOc1ccc(C)cc1C)c1ccc2c(c1)OCCO2. The maximum absolute atomic E-state index is 12.6. The third-order valence-corrected chi connectivity index (χ3v) is 6.55. The molecule has 1 aliphatic heterocycles. The Morgan fingerprint density at radius 2 is 1.84 bits per heavy atom. The van der Waals surface area contributed by atoms with Gasteiger partial charge in [-0.05, 0) is 44.5 Å². The molecule has 0 fully saturated rings. The summed E-state index contributed by atoms with van der Waals surface area (Å²) in [5, 5.41) is 2.72. The minimum atomic E-state index is -3.67. The molecule has 31 heavy (non-hydrogen) atoms. The van der Waals surface area contributed by atoms with Crippen molar-refractivity contribution in [3.63, 3.8) is 0 Å². The van der Waals surface area contributed by atoms with Crippen LogP contribution >= 0.6 is 0 Å². The number of fused-ring (bicyclic) bond motifs is 1. The zero-order valence-electron chi connectivity index (χ0n) is 18.0. The van der Waals surface area contributed by atoms with Crippen LogP contribution in [0.5, 0.6) is 17.2 Å². The Morgan fingerprint density at radius 1 is 1.10 bits per heavy atom. The van der Waals surface area contributed by atoms with E-state index in [1.165, 1.54) is 6.92 Å². The lowest BCUT2D eigenvalue weighted by molar-refractivity contribution is -0.119. The number of amides is 1. The van der Waals surface area contributed by atoms with Crippen LogP contribution in [0.4, 0.5) is 5.69 Å². The first kappa shape index (κ1) is 22.7. The third-order valence-electron chi connectivity index (χ3n) is 4.81. The monoisotopic (exact) mass is 448 g/mol. The van der Waals surface area contributed by atoms with Gasteiger partial charge in [-0.1, -0.05) is 17.7 Å². The summed E-state index contributed by atoms with van der Waals surface area (Å²) in [6.07, 6.45) is 0. The van der Waals surface area contributed by atoms with Gasteiger partial charge in [0.15, 0.2) is 11.5 Å². The first-order valence-electron chi connectivity index (χ1n) is 10.2. The Balaban J connectivity index is 1.61. The molecule has 0 spiro atoms. The number of sulfonamides is 1. The van der Waals surface area contributed by atoms with Crippen LogP contribution in [0, 0.1) is 13.8 Å². The maximum atomic E-state index is 12.6. The Kier molecular flexibility index (Phi) is 7.27. The largest absolute Gasteiger partial charge is 0.491 e. The van der Waals surface area contributed by atoms with Crippen LogP contribution in [0.1, 0.15) is 18.1 Å². The number of nitrogens with one attached hydrogen (secondary N) is 1. The van der Waals surface area contributed by atoms with E-state index in [0.29, 0.717) is 30.4 Å². The van der Waals surface area contributed by atoms with E-state index in [9.17, 15) is 13.2 Å². The molecule has 1 heterocycles. The molecule has 0 radical (unpaired) electrons. The van der Waals surface area contributed by atoms with Crippen molar-refractivity contribution in [3.05, 3.63) is 47.5 Å². The van der Waals surface area contributed by atoms with Gasteiger partial charge in [-0.15, -0.1) is 0 Å². The molecule has 2 aromatic rings. The van der Waals surface area contributed by atoms with E-state index < -0.39 is 15.9 Å². The lowest BCUT2D eigenvalue weighted by Gasteiger charge is -2.25. The van der Waals surface area contributed by atoms with E-state index >= 15 is 0 Å². The standard InChI is InChI=1S/C22H28N2O6S/c1-4-31(26,27)24(18-6-8-20-21(14-18)30-12-11-29-20)15-22(25)23-9-10-28-19-7-5-16(2)13-17(19)3/h5-8,13-14H,4,9-12,15H2,1-3H3,(H,23,25). The lowest BCUT2D eigenvalue weighted by Crippen LogP contribution is -2.42. The molecule has 8 nitrogen and oxygen atoms in total. The minimum absolute atomic E-state index is 0.134. The second-order valence-electron chi connectivity index (χ2n) is 7.20. The minimum Gasteiger partial charge on any atom is -0.491 e. The number of carbonyl (C=O) groups excluding carboxylic acids is 1. The zero-order chi connectivity index (χ0) is 22.4.